The summed E-state index contributed by atoms with van der Waals surface area (Å²) in [6, 6.07) is 18.9. The Morgan fingerprint density at radius 1 is 1.03 bits per heavy atom. The zero-order valence-electron chi connectivity index (χ0n) is 18.1. The highest BCUT2D eigenvalue weighted by atomic mass is 16.5. The zero-order chi connectivity index (χ0) is 21.8. The lowest BCUT2D eigenvalue weighted by atomic mass is 10.1. The number of aryl methyl sites for hydroxylation is 2. The Bertz CT molecular complexity index is 1210. The number of benzene rings is 3. The Kier molecular flexibility index (Phi) is 6.03. The van der Waals surface area contributed by atoms with Crippen LogP contribution < -0.4 is 10.1 Å². The SMILES string of the molecule is CCCCOc1cccc(C(=O)Nc2ccc3oc(-c4cc(C)cc(C)c4)nc3c2)c1. The Hall–Kier alpha value is -3.60. The molecule has 5 nitrogen and oxygen atoms in total. The second-order valence-electron chi connectivity index (χ2n) is 7.76. The first-order chi connectivity index (χ1) is 15.0. The van der Waals surface area contributed by atoms with Crippen molar-refractivity contribution in [3.63, 3.8) is 0 Å². The van der Waals surface area contributed by atoms with E-state index in [0.29, 0.717) is 40.6 Å². The van der Waals surface area contributed by atoms with Gasteiger partial charge in [-0.05, 0) is 68.8 Å². The number of amides is 1. The topological polar surface area (TPSA) is 64.4 Å². The summed E-state index contributed by atoms with van der Waals surface area (Å²) in [7, 11) is 0. The van der Waals surface area contributed by atoms with E-state index < -0.39 is 0 Å². The van der Waals surface area contributed by atoms with E-state index in [-0.39, 0.29) is 5.91 Å². The van der Waals surface area contributed by atoms with Gasteiger partial charge in [-0.25, -0.2) is 4.98 Å². The Balaban J connectivity index is 1.52. The number of carbonyl (C=O) groups is 1. The van der Waals surface area contributed by atoms with Crippen LogP contribution in [0.1, 0.15) is 41.3 Å². The highest BCUT2D eigenvalue weighted by Crippen LogP contribution is 2.28. The van der Waals surface area contributed by atoms with Gasteiger partial charge in [0.25, 0.3) is 5.91 Å². The molecule has 0 atom stereocenters. The summed E-state index contributed by atoms with van der Waals surface area (Å²) in [5.74, 6) is 1.08. The van der Waals surface area contributed by atoms with E-state index in [9.17, 15) is 4.79 Å². The molecule has 31 heavy (non-hydrogen) atoms. The molecule has 0 aliphatic rings. The van der Waals surface area contributed by atoms with Crippen molar-refractivity contribution in [3.8, 4) is 17.2 Å². The molecule has 5 heteroatoms. The minimum absolute atomic E-state index is 0.196. The average Bonchev–Trinajstić information content (AvgIpc) is 3.17. The van der Waals surface area contributed by atoms with Crippen molar-refractivity contribution in [1.82, 2.24) is 4.98 Å². The molecule has 1 N–H and O–H groups in total. The number of nitrogens with one attached hydrogen (secondary N) is 1. The van der Waals surface area contributed by atoms with Gasteiger partial charge in [0.05, 0.1) is 6.61 Å². The van der Waals surface area contributed by atoms with Gasteiger partial charge in [0.15, 0.2) is 5.58 Å². The van der Waals surface area contributed by atoms with Crippen molar-refractivity contribution >= 4 is 22.7 Å². The van der Waals surface area contributed by atoms with E-state index in [0.717, 1.165) is 29.5 Å². The van der Waals surface area contributed by atoms with Gasteiger partial charge in [-0.3, -0.25) is 4.79 Å². The van der Waals surface area contributed by atoms with E-state index in [1.165, 1.54) is 0 Å². The lowest BCUT2D eigenvalue weighted by molar-refractivity contribution is 0.102. The number of carbonyl (C=O) groups excluding carboxylic acids is 1. The van der Waals surface area contributed by atoms with Crippen LogP contribution >= 0.6 is 0 Å². The molecular formula is C26H26N2O3. The predicted octanol–water partition coefficient (Wildman–Crippen LogP) is 6.54. The fraction of sp³-hybridized carbons (Fsp3) is 0.231. The molecule has 0 spiro atoms. The van der Waals surface area contributed by atoms with E-state index in [4.69, 9.17) is 9.15 Å². The average molecular weight is 415 g/mol. The van der Waals surface area contributed by atoms with E-state index in [1.807, 2.05) is 30.3 Å². The molecule has 1 amide bonds. The van der Waals surface area contributed by atoms with Gasteiger partial charge >= 0.3 is 0 Å². The third-order valence-electron chi connectivity index (χ3n) is 4.98. The van der Waals surface area contributed by atoms with Gasteiger partial charge < -0.3 is 14.5 Å². The summed E-state index contributed by atoms with van der Waals surface area (Å²) in [5.41, 5.74) is 5.85. The molecule has 0 aliphatic heterocycles. The maximum absolute atomic E-state index is 12.7. The number of oxazole rings is 1. The highest BCUT2D eigenvalue weighted by Gasteiger charge is 2.12. The molecule has 4 aromatic rings. The van der Waals surface area contributed by atoms with Crippen molar-refractivity contribution in [3.05, 3.63) is 77.4 Å². The Morgan fingerprint density at radius 2 is 1.84 bits per heavy atom. The number of hydrogen-bond acceptors (Lipinski definition) is 4. The van der Waals surface area contributed by atoms with Crippen LogP contribution in [-0.2, 0) is 0 Å². The van der Waals surface area contributed by atoms with Gasteiger partial charge in [0.2, 0.25) is 5.89 Å². The summed E-state index contributed by atoms with van der Waals surface area (Å²) in [6.45, 7) is 6.87. The van der Waals surface area contributed by atoms with Crippen molar-refractivity contribution < 1.29 is 13.9 Å². The quantitative estimate of drug-likeness (QED) is 0.349. The Labute approximate surface area is 182 Å². The zero-order valence-corrected chi connectivity index (χ0v) is 18.1. The first kappa shape index (κ1) is 20.7. The number of anilines is 1. The van der Waals surface area contributed by atoms with Gasteiger partial charge in [-0.15, -0.1) is 0 Å². The molecule has 158 valence electrons. The number of nitrogens with zero attached hydrogens (tertiary/aromatic N) is 1. The summed E-state index contributed by atoms with van der Waals surface area (Å²) in [6.07, 6.45) is 2.05. The molecule has 4 rings (SSSR count). The lowest BCUT2D eigenvalue weighted by Gasteiger charge is -2.08. The first-order valence-corrected chi connectivity index (χ1v) is 10.6. The fourth-order valence-corrected chi connectivity index (χ4v) is 3.49. The van der Waals surface area contributed by atoms with Crippen LogP contribution in [0.25, 0.3) is 22.6 Å². The number of ether oxygens (including phenoxy) is 1. The second-order valence-corrected chi connectivity index (χ2v) is 7.76. The lowest BCUT2D eigenvalue weighted by Crippen LogP contribution is -2.12. The molecule has 1 aromatic heterocycles. The molecule has 1 heterocycles. The summed E-state index contributed by atoms with van der Waals surface area (Å²) in [4.78, 5) is 17.3. The molecule has 0 saturated heterocycles. The molecule has 0 saturated carbocycles. The minimum atomic E-state index is -0.196. The predicted molar refractivity (Wildman–Crippen MR) is 124 cm³/mol. The number of fused-ring (bicyclic) bond motifs is 1. The molecular weight excluding hydrogens is 388 g/mol. The van der Waals surface area contributed by atoms with Gasteiger partial charge in [-0.2, -0.15) is 0 Å². The molecule has 0 aliphatic carbocycles. The fourth-order valence-electron chi connectivity index (χ4n) is 3.49. The summed E-state index contributed by atoms with van der Waals surface area (Å²) < 4.78 is 11.6. The van der Waals surface area contributed by atoms with Crippen molar-refractivity contribution in [1.29, 1.82) is 0 Å². The monoisotopic (exact) mass is 414 g/mol. The van der Waals surface area contributed by atoms with Gasteiger partial charge in [-0.1, -0.05) is 36.6 Å². The van der Waals surface area contributed by atoms with Gasteiger partial charge in [0.1, 0.15) is 11.3 Å². The third-order valence-corrected chi connectivity index (χ3v) is 4.98. The second kappa shape index (κ2) is 9.04. The van der Waals surface area contributed by atoms with Crippen LogP contribution in [0, 0.1) is 13.8 Å². The minimum Gasteiger partial charge on any atom is -0.494 e. The van der Waals surface area contributed by atoms with Crippen LogP contribution in [0.3, 0.4) is 0 Å². The van der Waals surface area contributed by atoms with E-state index in [2.05, 4.69) is 49.3 Å². The number of rotatable bonds is 7. The highest BCUT2D eigenvalue weighted by molar-refractivity contribution is 6.05. The standard InChI is InChI=1S/C26H26N2O3/c1-4-5-11-30-22-8-6-7-19(15-22)25(29)27-21-9-10-24-23(16-21)28-26(31-24)20-13-17(2)12-18(3)14-20/h6-10,12-16H,4-5,11H2,1-3H3,(H,27,29). The number of unbranched alkanes of at least 4 members (excludes halogenated alkanes) is 1. The van der Waals surface area contributed by atoms with E-state index >= 15 is 0 Å². The van der Waals surface area contributed by atoms with Crippen molar-refractivity contribution in [2.45, 2.75) is 33.6 Å². The maximum Gasteiger partial charge on any atom is 0.255 e. The van der Waals surface area contributed by atoms with Crippen LogP contribution in [0.15, 0.2) is 65.1 Å². The largest absolute Gasteiger partial charge is 0.494 e. The van der Waals surface area contributed by atoms with Gasteiger partial charge in [0, 0.05) is 16.8 Å². The van der Waals surface area contributed by atoms with Crippen LogP contribution in [0.4, 0.5) is 5.69 Å². The molecule has 0 radical (unpaired) electrons. The van der Waals surface area contributed by atoms with Crippen molar-refractivity contribution in [2.24, 2.45) is 0 Å². The smallest absolute Gasteiger partial charge is 0.255 e. The third kappa shape index (κ3) is 4.94. The van der Waals surface area contributed by atoms with E-state index in [1.54, 1.807) is 12.1 Å². The molecule has 0 bridgehead atoms. The molecule has 0 unspecified atom stereocenters. The Morgan fingerprint density at radius 3 is 2.61 bits per heavy atom. The van der Waals surface area contributed by atoms with Crippen LogP contribution in [0.5, 0.6) is 5.75 Å². The molecule has 0 fully saturated rings. The summed E-state index contributed by atoms with van der Waals surface area (Å²) in [5, 5.41) is 2.94. The summed E-state index contributed by atoms with van der Waals surface area (Å²) >= 11 is 0. The maximum atomic E-state index is 12.7. The normalized spacial score (nSPS) is 10.9. The first-order valence-electron chi connectivity index (χ1n) is 10.6. The van der Waals surface area contributed by atoms with Crippen LogP contribution in [-0.4, -0.2) is 17.5 Å². The number of aromatic nitrogens is 1. The van der Waals surface area contributed by atoms with Crippen molar-refractivity contribution in [2.75, 3.05) is 11.9 Å². The van der Waals surface area contributed by atoms with Crippen LogP contribution in [0.2, 0.25) is 0 Å². The molecule has 3 aromatic carbocycles. The number of hydrogen-bond donors (Lipinski definition) is 1.